The fourth-order valence-corrected chi connectivity index (χ4v) is 2.19. The first-order valence-corrected chi connectivity index (χ1v) is 10.5. The second-order valence-electron chi connectivity index (χ2n) is 9.77. The van der Waals surface area contributed by atoms with E-state index in [4.69, 9.17) is 23.7 Å². The predicted octanol–water partition coefficient (Wildman–Crippen LogP) is 4.71. The van der Waals surface area contributed by atoms with Crippen LogP contribution >= 0.6 is 0 Å². The highest BCUT2D eigenvalue weighted by atomic mass is 16.7. The van der Waals surface area contributed by atoms with E-state index in [1.807, 2.05) is 34.6 Å². The van der Waals surface area contributed by atoms with E-state index in [-0.39, 0.29) is 37.9 Å². The highest BCUT2D eigenvalue weighted by molar-refractivity contribution is 5.60. The molecule has 178 valence electrons. The SMILES string of the molecule is CC(C)OC(C)COC(=O)OCCC(C)(C)C(C)(C)OC(=O)OCC(C)C(C)(C)O. The number of carbonyl (C=O) groups excluding carboxylic acids is 2. The van der Waals surface area contributed by atoms with E-state index < -0.39 is 28.9 Å². The average Bonchev–Trinajstić information content (AvgIpc) is 2.55. The summed E-state index contributed by atoms with van der Waals surface area (Å²) in [5.74, 6) is -0.241. The largest absolute Gasteiger partial charge is 0.508 e. The lowest BCUT2D eigenvalue weighted by atomic mass is 9.75. The highest BCUT2D eigenvalue weighted by Gasteiger charge is 2.41. The number of hydrogen-bond donors (Lipinski definition) is 1. The van der Waals surface area contributed by atoms with Gasteiger partial charge in [0.15, 0.2) is 0 Å². The van der Waals surface area contributed by atoms with Crippen molar-refractivity contribution in [2.45, 2.75) is 99.1 Å². The minimum absolute atomic E-state index is 0.0484. The summed E-state index contributed by atoms with van der Waals surface area (Å²) in [5, 5.41) is 9.92. The molecule has 0 fully saturated rings. The molecule has 8 heteroatoms. The maximum atomic E-state index is 12.1. The van der Waals surface area contributed by atoms with Crippen LogP contribution in [0.5, 0.6) is 0 Å². The Hall–Kier alpha value is -1.54. The lowest BCUT2D eigenvalue weighted by Gasteiger charge is -2.40. The molecule has 0 aromatic heterocycles. The third-order valence-corrected chi connectivity index (χ3v) is 5.51. The lowest BCUT2D eigenvalue weighted by Crippen LogP contribution is -2.44. The third kappa shape index (κ3) is 11.0. The van der Waals surface area contributed by atoms with Gasteiger partial charge < -0.3 is 28.8 Å². The van der Waals surface area contributed by atoms with Crippen molar-refractivity contribution in [2.75, 3.05) is 19.8 Å². The summed E-state index contributed by atoms with van der Waals surface area (Å²) in [5.41, 5.74) is -2.35. The zero-order valence-electron chi connectivity index (χ0n) is 20.4. The molecule has 30 heavy (non-hydrogen) atoms. The Kier molecular flexibility index (Phi) is 11.1. The van der Waals surface area contributed by atoms with Crippen molar-refractivity contribution < 1.29 is 38.4 Å². The van der Waals surface area contributed by atoms with Crippen molar-refractivity contribution >= 4 is 12.3 Å². The van der Waals surface area contributed by atoms with Crippen LogP contribution in [0.2, 0.25) is 0 Å². The van der Waals surface area contributed by atoms with Gasteiger partial charge in [-0.2, -0.15) is 0 Å². The molecule has 8 nitrogen and oxygen atoms in total. The summed E-state index contributed by atoms with van der Waals surface area (Å²) in [7, 11) is 0. The average molecular weight is 435 g/mol. The zero-order valence-corrected chi connectivity index (χ0v) is 20.4. The van der Waals surface area contributed by atoms with Gasteiger partial charge in [-0.1, -0.05) is 20.8 Å². The van der Waals surface area contributed by atoms with Crippen LogP contribution in [-0.4, -0.2) is 60.6 Å². The van der Waals surface area contributed by atoms with E-state index in [0.717, 1.165) is 0 Å². The van der Waals surface area contributed by atoms with Gasteiger partial charge in [0, 0.05) is 11.3 Å². The minimum atomic E-state index is -0.959. The summed E-state index contributed by atoms with van der Waals surface area (Å²) < 4.78 is 26.3. The van der Waals surface area contributed by atoms with Gasteiger partial charge >= 0.3 is 12.3 Å². The van der Waals surface area contributed by atoms with E-state index in [1.165, 1.54) is 0 Å². The van der Waals surface area contributed by atoms with Gasteiger partial charge in [0.1, 0.15) is 18.8 Å². The first-order valence-electron chi connectivity index (χ1n) is 10.5. The molecule has 0 aromatic carbocycles. The van der Waals surface area contributed by atoms with Gasteiger partial charge in [0.25, 0.3) is 0 Å². The predicted molar refractivity (Wildman–Crippen MR) is 113 cm³/mol. The summed E-state index contributed by atoms with van der Waals surface area (Å²) in [6, 6.07) is 0. The molecule has 0 saturated carbocycles. The zero-order chi connectivity index (χ0) is 23.8. The normalized spacial score (nSPS) is 14.8. The van der Waals surface area contributed by atoms with Crippen LogP contribution in [0.25, 0.3) is 0 Å². The Morgan fingerprint density at radius 1 is 0.833 bits per heavy atom. The number of carbonyl (C=O) groups is 2. The van der Waals surface area contributed by atoms with Crippen molar-refractivity contribution in [2.24, 2.45) is 11.3 Å². The Balaban J connectivity index is 4.44. The number of aliphatic hydroxyl groups is 1. The Bertz CT molecular complexity index is 534. The monoisotopic (exact) mass is 434 g/mol. The van der Waals surface area contributed by atoms with Gasteiger partial charge in [0.2, 0.25) is 0 Å². The van der Waals surface area contributed by atoms with Crippen molar-refractivity contribution in [3.05, 3.63) is 0 Å². The first kappa shape index (κ1) is 28.5. The second kappa shape index (κ2) is 11.7. The molecule has 0 radical (unpaired) electrons. The molecule has 0 aliphatic carbocycles. The standard InChI is InChI=1S/C22H42O8/c1-15(2)29-17(4)14-28-18(23)26-12-11-20(5,6)22(9,10)30-19(24)27-13-16(3)21(7,8)25/h15-17,25H,11-14H2,1-10H3. The van der Waals surface area contributed by atoms with E-state index in [0.29, 0.717) is 6.42 Å². The van der Waals surface area contributed by atoms with Crippen molar-refractivity contribution in [3.63, 3.8) is 0 Å². The van der Waals surface area contributed by atoms with Crippen LogP contribution in [-0.2, 0) is 23.7 Å². The first-order chi connectivity index (χ1) is 13.5. The Labute approximate surface area is 181 Å². The molecule has 1 N–H and O–H groups in total. The van der Waals surface area contributed by atoms with Crippen molar-refractivity contribution in [1.82, 2.24) is 0 Å². The maximum absolute atomic E-state index is 12.1. The van der Waals surface area contributed by atoms with E-state index in [2.05, 4.69) is 0 Å². The third-order valence-electron chi connectivity index (χ3n) is 5.51. The molecule has 0 bridgehead atoms. The molecule has 0 aromatic rings. The van der Waals surface area contributed by atoms with Crippen LogP contribution in [0.1, 0.15) is 75.7 Å². The summed E-state index contributed by atoms with van der Waals surface area (Å²) >= 11 is 0. The van der Waals surface area contributed by atoms with Gasteiger partial charge in [-0.05, 0) is 54.9 Å². The lowest BCUT2D eigenvalue weighted by molar-refractivity contribution is -0.0951. The van der Waals surface area contributed by atoms with Gasteiger partial charge in [-0.25, -0.2) is 9.59 Å². The fourth-order valence-electron chi connectivity index (χ4n) is 2.19. The summed E-state index contributed by atoms with van der Waals surface area (Å²) in [6.45, 7) is 18.4. The van der Waals surface area contributed by atoms with Gasteiger partial charge in [0.05, 0.1) is 24.4 Å². The molecule has 0 spiro atoms. The van der Waals surface area contributed by atoms with E-state index in [1.54, 1.807) is 34.6 Å². The molecular formula is C22H42O8. The number of rotatable bonds is 12. The van der Waals surface area contributed by atoms with Crippen molar-refractivity contribution in [1.29, 1.82) is 0 Å². The smallest absolute Gasteiger partial charge is 0.434 e. The fraction of sp³-hybridized carbons (Fsp3) is 0.909. The summed E-state index contributed by atoms with van der Waals surface area (Å²) in [4.78, 5) is 23.9. The Morgan fingerprint density at radius 2 is 1.37 bits per heavy atom. The minimum Gasteiger partial charge on any atom is -0.434 e. The number of ether oxygens (including phenoxy) is 5. The van der Waals surface area contributed by atoms with Gasteiger partial charge in [-0.15, -0.1) is 0 Å². The van der Waals surface area contributed by atoms with Crippen LogP contribution in [0.3, 0.4) is 0 Å². The van der Waals surface area contributed by atoms with Gasteiger partial charge in [-0.3, -0.25) is 0 Å². The molecule has 2 unspecified atom stereocenters. The second-order valence-corrected chi connectivity index (χ2v) is 9.77. The molecular weight excluding hydrogens is 392 g/mol. The van der Waals surface area contributed by atoms with Crippen LogP contribution < -0.4 is 0 Å². The molecule has 0 rings (SSSR count). The molecule has 0 heterocycles. The van der Waals surface area contributed by atoms with Crippen molar-refractivity contribution in [3.8, 4) is 0 Å². The topological polar surface area (TPSA) is 101 Å². The molecule has 2 atom stereocenters. The Morgan fingerprint density at radius 3 is 1.87 bits per heavy atom. The van der Waals surface area contributed by atoms with Crippen LogP contribution in [0, 0.1) is 11.3 Å². The quantitative estimate of drug-likeness (QED) is 0.441. The highest BCUT2D eigenvalue weighted by Crippen LogP contribution is 2.37. The van der Waals surface area contributed by atoms with E-state index >= 15 is 0 Å². The molecule has 0 aliphatic rings. The molecule has 0 saturated heterocycles. The van der Waals surface area contributed by atoms with Crippen LogP contribution in [0.4, 0.5) is 9.59 Å². The summed E-state index contributed by atoms with van der Waals surface area (Å²) in [6.07, 6.45) is -1.29. The maximum Gasteiger partial charge on any atom is 0.508 e. The molecule has 0 aliphatic heterocycles. The molecule has 0 amide bonds. The van der Waals surface area contributed by atoms with Crippen LogP contribution in [0.15, 0.2) is 0 Å². The van der Waals surface area contributed by atoms with E-state index in [9.17, 15) is 14.7 Å². The number of hydrogen-bond acceptors (Lipinski definition) is 8.